The topological polar surface area (TPSA) is 102 Å². The smallest absolute Gasteiger partial charge is 0.238 e. The molecule has 4 rings (SSSR count). The molecule has 2 aromatic heterocycles. The van der Waals surface area contributed by atoms with Crippen LogP contribution in [0.2, 0.25) is 0 Å². The third-order valence-corrected chi connectivity index (χ3v) is 4.55. The van der Waals surface area contributed by atoms with E-state index in [0.29, 0.717) is 11.5 Å². The zero-order valence-corrected chi connectivity index (χ0v) is 14.5. The van der Waals surface area contributed by atoms with Crippen molar-refractivity contribution in [3.63, 3.8) is 0 Å². The van der Waals surface area contributed by atoms with Gasteiger partial charge in [-0.1, -0.05) is 12.1 Å². The number of carbonyl (C=O) groups is 2. The average Bonchev–Trinajstić information content (AvgIpc) is 3.38. The maximum Gasteiger partial charge on any atom is 0.238 e. The van der Waals surface area contributed by atoms with Gasteiger partial charge in [0.1, 0.15) is 17.9 Å². The first kappa shape index (κ1) is 16.8. The summed E-state index contributed by atoms with van der Waals surface area (Å²) in [6, 6.07) is 13.3. The van der Waals surface area contributed by atoms with Crippen molar-refractivity contribution in [2.75, 3.05) is 10.2 Å². The Labute approximate surface area is 155 Å². The Morgan fingerprint density at radius 3 is 2.78 bits per heavy atom. The van der Waals surface area contributed by atoms with Gasteiger partial charge < -0.3 is 10.3 Å². The molecule has 1 aliphatic carbocycles. The molecule has 1 fully saturated rings. The standard InChI is InChI=1S/C20H17N5O2/c21-9-7-19(27)23-14-3-1-13(2-4-14)17-11-18(25(12-26)15-5-6-15)24-20-16(17)8-10-22-20/h1-4,8,10-12,15H,5-7H2,(H,22,24)(H,23,27). The largest absolute Gasteiger partial charge is 0.346 e. The van der Waals surface area contributed by atoms with Crippen LogP contribution in [0.25, 0.3) is 22.2 Å². The predicted molar refractivity (Wildman–Crippen MR) is 102 cm³/mol. The average molecular weight is 359 g/mol. The van der Waals surface area contributed by atoms with Crippen LogP contribution in [0.1, 0.15) is 19.3 Å². The number of nitrogens with one attached hydrogen (secondary N) is 2. The first-order valence-electron chi connectivity index (χ1n) is 8.68. The molecule has 0 aliphatic heterocycles. The van der Waals surface area contributed by atoms with Crippen molar-refractivity contribution in [2.24, 2.45) is 0 Å². The maximum absolute atomic E-state index is 11.5. The molecule has 0 spiro atoms. The molecule has 134 valence electrons. The van der Waals surface area contributed by atoms with Crippen LogP contribution in [0.4, 0.5) is 11.5 Å². The Hall–Kier alpha value is -3.66. The number of nitrogens with zero attached hydrogens (tertiary/aromatic N) is 3. The van der Waals surface area contributed by atoms with Gasteiger partial charge in [-0.2, -0.15) is 5.26 Å². The van der Waals surface area contributed by atoms with Crippen LogP contribution in [0.15, 0.2) is 42.6 Å². The normalized spacial score (nSPS) is 13.1. The van der Waals surface area contributed by atoms with E-state index in [-0.39, 0.29) is 18.4 Å². The first-order valence-corrected chi connectivity index (χ1v) is 8.68. The summed E-state index contributed by atoms with van der Waals surface area (Å²) >= 11 is 0. The summed E-state index contributed by atoms with van der Waals surface area (Å²) < 4.78 is 0. The molecule has 0 unspecified atom stereocenters. The van der Waals surface area contributed by atoms with Crippen LogP contribution in [-0.4, -0.2) is 28.3 Å². The second kappa shape index (κ2) is 6.92. The molecule has 7 heteroatoms. The van der Waals surface area contributed by atoms with E-state index in [1.165, 1.54) is 0 Å². The fraction of sp³-hybridized carbons (Fsp3) is 0.200. The van der Waals surface area contributed by atoms with E-state index in [0.717, 1.165) is 41.4 Å². The van der Waals surface area contributed by atoms with E-state index in [1.54, 1.807) is 17.0 Å². The lowest BCUT2D eigenvalue weighted by molar-refractivity contribution is -0.115. The van der Waals surface area contributed by atoms with E-state index >= 15 is 0 Å². The van der Waals surface area contributed by atoms with Gasteiger partial charge in [0.05, 0.1) is 6.07 Å². The number of hydrogen-bond acceptors (Lipinski definition) is 4. The summed E-state index contributed by atoms with van der Waals surface area (Å²) in [7, 11) is 0. The summed E-state index contributed by atoms with van der Waals surface area (Å²) in [4.78, 5) is 32.4. The summed E-state index contributed by atoms with van der Waals surface area (Å²) in [5, 5.41) is 12.2. The molecular weight excluding hydrogens is 342 g/mol. The lowest BCUT2D eigenvalue weighted by atomic mass is 10.0. The molecule has 0 saturated heterocycles. The molecule has 1 saturated carbocycles. The van der Waals surface area contributed by atoms with Gasteiger partial charge in [0.15, 0.2) is 0 Å². The second-order valence-corrected chi connectivity index (χ2v) is 6.47. The molecular formula is C20H17N5O2. The molecule has 0 atom stereocenters. The predicted octanol–water partition coefficient (Wildman–Crippen LogP) is 3.21. The van der Waals surface area contributed by atoms with Crippen molar-refractivity contribution in [1.82, 2.24) is 9.97 Å². The van der Waals surface area contributed by atoms with Crippen molar-refractivity contribution >= 4 is 34.9 Å². The number of fused-ring (bicyclic) bond motifs is 1. The van der Waals surface area contributed by atoms with Gasteiger partial charge in [-0.05, 0) is 48.2 Å². The highest BCUT2D eigenvalue weighted by Crippen LogP contribution is 2.35. The Kier molecular flexibility index (Phi) is 4.30. The van der Waals surface area contributed by atoms with Crippen molar-refractivity contribution in [3.8, 4) is 17.2 Å². The molecule has 2 heterocycles. The maximum atomic E-state index is 11.5. The number of anilines is 2. The Morgan fingerprint density at radius 1 is 1.33 bits per heavy atom. The highest BCUT2D eigenvalue weighted by molar-refractivity contribution is 5.97. The van der Waals surface area contributed by atoms with Gasteiger partial charge in [0.2, 0.25) is 12.3 Å². The Balaban J connectivity index is 1.70. The minimum atomic E-state index is -0.337. The van der Waals surface area contributed by atoms with Crippen LogP contribution < -0.4 is 10.2 Å². The fourth-order valence-electron chi connectivity index (χ4n) is 3.09. The van der Waals surface area contributed by atoms with Crippen LogP contribution in [-0.2, 0) is 9.59 Å². The van der Waals surface area contributed by atoms with Crippen LogP contribution >= 0.6 is 0 Å². The quantitative estimate of drug-likeness (QED) is 0.660. The van der Waals surface area contributed by atoms with Gasteiger partial charge in [0, 0.05) is 23.3 Å². The van der Waals surface area contributed by atoms with Gasteiger partial charge in [-0.3, -0.25) is 14.5 Å². The van der Waals surface area contributed by atoms with Crippen LogP contribution in [0.5, 0.6) is 0 Å². The third kappa shape index (κ3) is 3.37. The molecule has 3 aromatic rings. The Morgan fingerprint density at radius 2 is 2.11 bits per heavy atom. The van der Waals surface area contributed by atoms with E-state index in [9.17, 15) is 9.59 Å². The van der Waals surface area contributed by atoms with Crippen molar-refractivity contribution < 1.29 is 9.59 Å². The fourth-order valence-corrected chi connectivity index (χ4v) is 3.09. The molecule has 0 radical (unpaired) electrons. The molecule has 2 N–H and O–H groups in total. The number of nitriles is 1. The van der Waals surface area contributed by atoms with Gasteiger partial charge in [-0.15, -0.1) is 0 Å². The number of carbonyl (C=O) groups excluding carboxylic acids is 2. The lowest BCUT2D eigenvalue weighted by Crippen LogP contribution is -2.24. The zero-order valence-electron chi connectivity index (χ0n) is 14.5. The molecule has 1 aliphatic rings. The van der Waals surface area contributed by atoms with E-state index in [4.69, 9.17) is 5.26 Å². The molecule has 1 aromatic carbocycles. The number of amides is 2. The summed E-state index contributed by atoms with van der Waals surface area (Å²) in [5.41, 5.74) is 3.26. The van der Waals surface area contributed by atoms with E-state index in [1.807, 2.05) is 36.5 Å². The number of hydrogen-bond donors (Lipinski definition) is 2. The summed E-state index contributed by atoms with van der Waals surface area (Å²) in [6.45, 7) is 0. The number of pyridine rings is 1. The highest BCUT2D eigenvalue weighted by Gasteiger charge is 2.30. The minimum Gasteiger partial charge on any atom is -0.346 e. The zero-order chi connectivity index (χ0) is 18.8. The number of rotatable bonds is 6. The Bertz CT molecular complexity index is 1040. The lowest BCUT2D eigenvalue weighted by Gasteiger charge is -2.17. The van der Waals surface area contributed by atoms with E-state index in [2.05, 4.69) is 15.3 Å². The molecule has 2 amide bonds. The van der Waals surface area contributed by atoms with Gasteiger partial charge in [0.25, 0.3) is 0 Å². The van der Waals surface area contributed by atoms with Gasteiger partial charge >= 0.3 is 0 Å². The minimum absolute atomic E-state index is 0.178. The molecule has 7 nitrogen and oxygen atoms in total. The number of aromatic nitrogens is 2. The monoisotopic (exact) mass is 359 g/mol. The second-order valence-electron chi connectivity index (χ2n) is 6.47. The summed E-state index contributed by atoms with van der Waals surface area (Å²) in [6.07, 6.45) is 4.48. The molecule has 27 heavy (non-hydrogen) atoms. The first-order chi connectivity index (χ1) is 13.2. The number of H-pyrrole nitrogens is 1. The third-order valence-electron chi connectivity index (χ3n) is 4.55. The van der Waals surface area contributed by atoms with Crippen molar-refractivity contribution in [3.05, 3.63) is 42.6 Å². The SMILES string of the molecule is N#CCC(=O)Nc1ccc(-c2cc(N(C=O)C3CC3)nc3[nH]ccc23)cc1. The van der Waals surface area contributed by atoms with E-state index < -0.39 is 0 Å². The van der Waals surface area contributed by atoms with Crippen molar-refractivity contribution in [2.45, 2.75) is 25.3 Å². The number of aromatic amines is 1. The highest BCUT2D eigenvalue weighted by atomic mass is 16.1. The number of benzene rings is 1. The van der Waals surface area contributed by atoms with Gasteiger partial charge in [-0.25, -0.2) is 4.98 Å². The van der Waals surface area contributed by atoms with Crippen LogP contribution in [0.3, 0.4) is 0 Å². The van der Waals surface area contributed by atoms with Crippen molar-refractivity contribution in [1.29, 1.82) is 5.26 Å². The summed E-state index contributed by atoms with van der Waals surface area (Å²) in [5.74, 6) is 0.291. The van der Waals surface area contributed by atoms with Crippen LogP contribution in [0, 0.1) is 11.3 Å². The molecule has 0 bridgehead atoms.